The van der Waals surface area contributed by atoms with Crippen molar-refractivity contribution in [2.24, 2.45) is 0 Å². The molecule has 2 atom stereocenters. The van der Waals surface area contributed by atoms with Gasteiger partial charge in [-0.25, -0.2) is 0 Å². The topological polar surface area (TPSA) is 59.8 Å². The number of nitrogens with zero attached hydrogens (tertiary/aromatic N) is 1. The summed E-state index contributed by atoms with van der Waals surface area (Å²) in [6.07, 6.45) is 5.13. The minimum atomic E-state index is 0.478. The zero-order valence-electron chi connectivity index (χ0n) is 12.9. The van der Waals surface area contributed by atoms with Crippen LogP contribution < -0.4 is 20.5 Å². The van der Waals surface area contributed by atoms with Crippen molar-refractivity contribution < 1.29 is 9.47 Å². The van der Waals surface area contributed by atoms with Crippen LogP contribution in [0.15, 0.2) is 12.1 Å². The molecule has 5 nitrogen and oxygen atoms in total. The van der Waals surface area contributed by atoms with Crippen molar-refractivity contribution in [3.05, 3.63) is 12.1 Å². The minimum Gasteiger partial charge on any atom is -0.493 e. The fraction of sp³-hybridized carbons (Fsp3) is 0.625. The molecule has 2 saturated heterocycles. The Morgan fingerprint density at radius 3 is 2.62 bits per heavy atom. The van der Waals surface area contributed by atoms with Crippen LogP contribution in [-0.4, -0.2) is 44.3 Å². The van der Waals surface area contributed by atoms with Gasteiger partial charge in [-0.15, -0.1) is 0 Å². The van der Waals surface area contributed by atoms with Crippen molar-refractivity contribution in [2.45, 2.75) is 37.8 Å². The summed E-state index contributed by atoms with van der Waals surface area (Å²) in [5.74, 6) is 1.39. The van der Waals surface area contributed by atoms with E-state index >= 15 is 0 Å². The molecule has 0 aliphatic carbocycles. The summed E-state index contributed by atoms with van der Waals surface area (Å²) in [5, 5.41) is 3.63. The predicted octanol–water partition coefficient (Wildman–Crippen LogP) is 2.32. The maximum Gasteiger partial charge on any atom is 0.162 e. The highest BCUT2D eigenvalue weighted by atomic mass is 16.5. The molecule has 3 rings (SSSR count). The van der Waals surface area contributed by atoms with Gasteiger partial charge in [-0.05, 0) is 25.8 Å². The third kappa shape index (κ3) is 2.75. The van der Waals surface area contributed by atoms with E-state index in [2.05, 4.69) is 10.2 Å². The molecule has 0 radical (unpaired) electrons. The molecule has 0 saturated carbocycles. The Morgan fingerprint density at radius 1 is 1.10 bits per heavy atom. The molecule has 0 spiro atoms. The van der Waals surface area contributed by atoms with E-state index in [9.17, 15) is 0 Å². The maximum atomic E-state index is 6.16. The molecule has 2 aliphatic heterocycles. The zero-order valence-corrected chi connectivity index (χ0v) is 12.9. The number of hydrogen-bond acceptors (Lipinski definition) is 5. The number of hydrogen-bond donors (Lipinski definition) is 2. The molecular weight excluding hydrogens is 266 g/mol. The summed E-state index contributed by atoms with van der Waals surface area (Å²) < 4.78 is 10.7. The largest absolute Gasteiger partial charge is 0.493 e. The van der Waals surface area contributed by atoms with Crippen LogP contribution >= 0.6 is 0 Å². The fourth-order valence-electron chi connectivity index (χ4n) is 3.64. The highest BCUT2D eigenvalue weighted by Gasteiger charge is 2.35. The molecule has 2 unspecified atom stereocenters. The van der Waals surface area contributed by atoms with Gasteiger partial charge in [0.15, 0.2) is 11.5 Å². The summed E-state index contributed by atoms with van der Waals surface area (Å²) in [5.41, 5.74) is 7.81. The average Bonchev–Trinajstić information content (AvgIpc) is 2.92. The second kappa shape index (κ2) is 6.02. The van der Waals surface area contributed by atoms with Crippen LogP contribution in [0.25, 0.3) is 0 Å². The lowest BCUT2D eigenvalue weighted by Crippen LogP contribution is -2.41. The van der Waals surface area contributed by atoms with Crippen molar-refractivity contribution in [3.8, 4) is 11.5 Å². The van der Waals surface area contributed by atoms with Gasteiger partial charge >= 0.3 is 0 Å². The number of nitrogens with one attached hydrogen (secondary N) is 1. The number of nitrogens with two attached hydrogens (primary N) is 1. The number of rotatable bonds is 4. The van der Waals surface area contributed by atoms with Crippen LogP contribution in [-0.2, 0) is 0 Å². The molecule has 2 heterocycles. The fourth-order valence-corrected chi connectivity index (χ4v) is 3.64. The Hall–Kier alpha value is -1.62. The molecule has 2 aliphatic rings. The molecule has 2 fully saturated rings. The van der Waals surface area contributed by atoms with Gasteiger partial charge in [-0.1, -0.05) is 6.42 Å². The Morgan fingerprint density at radius 2 is 1.86 bits per heavy atom. The molecule has 116 valence electrons. The zero-order chi connectivity index (χ0) is 14.8. The Balaban J connectivity index is 1.78. The number of ether oxygens (including phenoxy) is 2. The molecule has 0 bridgehead atoms. The van der Waals surface area contributed by atoms with E-state index in [4.69, 9.17) is 15.2 Å². The summed E-state index contributed by atoms with van der Waals surface area (Å²) in [6.45, 7) is 2.43. The lowest BCUT2D eigenvalue weighted by Gasteiger charge is -2.33. The highest BCUT2D eigenvalue weighted by Crippen LogP contribution is 2.37. The summed E-state index contributed by atoms with van der Waals surface area (Å²) >= 11 is 0. The Labute approximate surface area is 126 Å². The van der Waals surface area contributed by atoms with Crippen LogP contribution in [0.2, 0.25) is 0 Å². The van der Waals surface area contributed by atoms with Crippen molar-refractivity contribution in [2.75, 3.05) is 38.4 Å². The number of nitrogen functional groups attached to an aromatic ring is 1. The van der Waals surface area contributed by atoms with Gasteiger partial charge in [-0.3, -0.25) is 4.90 Å². The first-order chi connectivity index (χ1) is 10.2. The molecular formula is C16H25N3O2. The van der Waals surface area contributed by atoms with E-state index in [0.29, 0.717) is 29.3 Å². The quantitative estimate of drug-likeness (QED) is 0.834. The normalized spacial score (nSPS) is 25.4. The standard InChI is InChI=1S/C16H25N3O2/c1-20-15-9-11(17)13(10-16(15)21-2)18-12-6-8-19-7-4-3-5-14(12)19/h9-10,12,14,18H,3-8,17H2,1-2H3. The van der Waals surface area contributed by atoms with E-state index in [-0.39, 0.29) is 0 Å². The van der Waals surface area contributed by atoms with E-state index in [0.717, 1.165) is 5.69 Å². The molecule has 21 heavy (non-hydrogen) atoms. The second-order valence-corrected chi connectivity index (χ2v) is 5.93. The van der Waals surface area contributed by atoms with Gasteiger partial charge < -0.3 is 20.5 Å². The molecule has 5 heteroatoms. The SMILES string of the molecule is COc1cc(N)c(NC2CCN3CCCCC23)cc1OC. The average molecular weight is 291 g/mol. The molecule has 0 amide bonds. The number of anilines is 2. The minimum absolute atomic E-state index is 0.478. The predicted molar refractivity (Wildman–Crippen MR) is 85.2 cm³/mol. The van der Waals surface area contributed by atoms with E-state index in [1.54, 1.807) is 14.2 Å². The summed E-state index contributed by atoms with van der Waals surface area (Å²) in [7, 11) is 3.28. The van der Waals surface area contributed by atoms with Crippen LogP contribution in [0.5, 0.6) is 11.5 Å². The summed E-state index contributed by atoms with van der Waals surface area (Å²) in [6, 6.07) is 4.89. The van der Waals surface area contributed by atoms with Gasteiger partial charge in [0.05, 0.1) is 25.6 Å². The molecule has 0 aromatic heterocycles. The maximum absolute atomic E-state index is 6.16. The van der Waals surface area contributed by atoms with Crippen molar-refractivity contribution in [3.63, 3.8) is 0 Å². The van der Waals surface area contributed by atoms with E-state index in [1.165, 1.54) is 38.8 Å². The lowest BCUT2D eigenvalue weighted by atomic mass is 9.98. The van der Waals surface area contributed by atoms with Gasteiger partial charge in [0, 0.05) is 30.8 Å². The van der Waals surface area contributed by atoms with Crippen LogP contribution in [0.1, 0.15) is 25.7 Å². The Bertz CT molecular complexity index is 507. The van der Waals surface area contributed by atoms with Crippen LogP contribution in [0.4, 0.5) is 11.4 Å². The third-order valence-corrected chi connectivity index (χ3v) is 4.75. The van der Waals surface area contributed by atoms with Gasteiger partial charge in [-0.2, -0.15) is 0 Å². The van der Waals surface area contributed by atoms with Gasteiger partial charge in [0.1, 0.15) is 0 Å². The highest BCUT2D eigenvalue weighted by molar-refractivity contribution is 5.72. The number of benzene rings is 1. The monoisotopic (exact) mass is 291 g/mol. The molecule has 1 aromatic carbocycles. The first-order valence-electron chi connectivity index (χ1n) is 7.75. The molecule has 1 aromatic rings. The van der Waals surface area contributed by atoms with E-state index in [1.807, 2.05) is 12.1 Å². The first-order valence-corrected chi connectivity index (χ1v) is 7.75. The van der Waals surface area contributed by atoms with Crippen LogP contribution in [0.3, 0.4) is 0 Å². The third-order valence-electron chi connectivity index (χ3n) is 4.75. The first kappa shape index (κ1) is 14.3. The number of piperidine rings is 1. The van der Waals surface area contributed by atoms with Gasteiger partial charge in [0.2, 0.25) is 0 Å². The number of fused-ring (bicyclic) bond motifs is 1. The van der Waals surface area contributed by atoms with Gasteiger partial charge in [0.25, 0.3) is 0 Å². The van der Waals surface area contributed by atoms with Crippen molar-refractivity contribution in [1.29, 1.82) is 0 Å². The Kier molecular flexibility index (Phi) is 4.10. The second-order valence-electron chi connectivity index (χ2n) is 5.93. The summed E-state index contributed by atoms with van der Waals surface area (Å²) in [4.78, 5) is 2.61. The van der Waals surface area contributed by atoms with Crippen molar-refractivity contribution >= 4 is 11.4 Å². The van der Waals surface area contributed by atoms with E-state index < -0.39 is 0 Å². The molecule has 3 N–H and O–H groups in total. The lowest BCUT2D eigenvalue weighted by molar-refractivity contribution is 0.193. The van der Waals surface area contributed by atoms with Crippen molar-refractivity contribution in [1.82, 2.24) is 4.90 Å². The number of methoxy groups -OCH3 is 2. The smallest absolute Gasteiger partial charge is 0.162 e. The van der Waals surface area contributed by atoms with Crippen LogP contribution in [0, 0.1) is 0 Å².